The zero-order valence-electron chi connectivity index (χ0n) is 15.1. The number of ether oxygens (including phenoxy) is 1. The van der Waals surface area contributed by atoms with E-state index < -0.39 is 0 Å². The highest BCUT2D eigenvalue weighted by atomic mass is 127. The monoisotopic (exact) mass is 434 g/mol. The van der Waals surface area contributed by atoms with Crippen molar-refractivity contribution < 1.29 is 4.74 Å². The lowest BCUT2D eigenvalue weighted by atomic mass is 10.1. The predicted octanol–water partition coefficient (Wildman–Crippen LogP) is 2.71. The summed E-state index contributed by atoms with van der Waals surface area (Å²) in [5.41, 5.74) is 1.28. The van der Waals surface area contributed by atoms with E-state index in [9.17, 15) is 0 Å². The van der Waals surface area contributed by atoms with Crippen molar-refractivity contribution in [1.82, 2.24) is 15.5 Å². The molecule has 0 spiro atoms. The molecule has 0 atom stereocenters. The Morgan fingerprint density at radius 2 is 1.87 bits per heavy atom. The number of halogens is 1. The van der Waals surface area contributed by atoms with E-state index in [0.29, 0.717) is 0 Å². The largest absolute Gasteiger partial charge is 0.496 e. The van der Waals surface area contributed by atoms with E-state index in [1.807, 2.05) is 25.2 Å². The summed E-state index contributed by atoms with van der Waals surface area (Å²) < 4.78 is 5.40. The molecule has 0 amide bonds. The van der Waals surface area contributed by atoms with Crippen LogP contribution in [0.25, 0.3) is 0 Å². The van der Waals surface area contributed by atoms with Gasteiger partial charge in [0, 0.05) is 44.8 Å². The van der Waals surface area contributed by atoms with Crippen molar-refractivity contribution in [2.24, 2.45) is 4.99 Å². The van der Waals surface area contributed by atoms with E-state index in [1.54, 1.807) is 14.2 Å². The van der Waals surface area contributed by atoms with Crippen molar-refractivity contribution in [2.45, 2.75) is 32.9 Å². The van der Waals surface area contributed by atoms with Crippen LogP contribution in [0, 0.1) is 0 Å². The molecule has 0 aliphatic carbocycles. The Morgan fingerprint density at radius 3 is 2.43 bits per heavy atom. The SMILES string of the molecule is CN=C(NCCNC(C)(C)C)N(C)Cc1ccccc1OC.I. The van der Waals surface area contributed by atoms with E-state index >= 15 is 0 Å². The van der Waals surface area contributed by atoms with Gasteiger partial charge < -0.3 is 20.3 Å². The zero-order valence-corrected chi connectivity index (χ0v) is 17.5. The minimum atomic E-state index is 0. The van der Waals surface area contributed by atoms with Crippen LogP contribution in [0.5, 0.6) is 5.75 Å². The quantitative estimate of drug-likeness (QED) is 0.313. The van der Waals surface area contributed by atoms with Gasteiger partial charge in [0.05, 0.1) is 7.11 Å². The number of hydrogen-bond donors (Lipinski definition) is 2. The third-order valence-electron chi connectivity index (χ3n) is 3.24. The van der Waals surface area contributed by atoms with Crippen LogP contribution in [0.3, 0.4) is 0 Å². The van der Waals surface area contributed by atoms with E-state index in [-0.39, 0.29) is 29.5 Å². The van der Waals surface area contributed by atoms with E-state index in [1.165, 1.54) is 0 Å². The van der Waals surface area contributed by atoms with Crippen LogP contribution in [-0.4, -0.2) is 50.7 Å². The molecule has 1 aromatic rings. The van der Waals surface area contributed by atoms with Gasteiger partial charge in [0.25, 0.3) is 0 Å². The standard InChI is InChI=1S/C17H30N4O.HI/c1-17(2,3)20-12-11-19-16(18-4)21(5)13-14-9-7-8-10-15(14)22-6;/h7-10,20H,11-13H2,1-6H3,(H,18,19);1H. The van der Waals surface area contributed by atoms with Crippen LogP contribution >= 0.6 is 24.0 Å². The summed E-state index contributed by atoms with van der Waals surface area (Å²) in [7, 11) is 5.53. The fraction of sp³-hybridized carbons (Fsp3) is 0.588. The Hall–Kier alpha value is -1.02. The average molecular weight is 434 g/mol. The molecule has 0 fully saturated rings. The molecule has 0 heterocycles. The summed E-state index contributed by atoms with van der Waals surface area (Å²) >= 11 is 0. The molecule has 0 saturated carbocycles. The number of hydrogen-bond acceptors (Lipinski definition) is 3. The molecule has 0 unspecified atom stereocenters. The summed E-state index contributed by atoms with van der Waals surface area (Å²) in [5.74, 6) is 1.78. The topological polar surface area (TPSA) is 48.9 Å². The number of para-hydroxylation sites is 1. The van der Waals surface area contributed by atoms with E-state index in [2.05, 4.69) is 47.4 Å². The van der Waals surface area contributed by atoms with E-state index in [4.69, 9.17) is 4.74 Å². The molecule has 1 aromatic carbocycles. The lowest BCUT2D eigenvalue weighted by molar-refractivity contribution is 0.394. The number of benzene rings is 1. The first-order valence-corrected chi connectivity index (χ1v) is 7.66. The highest BCUT2D eigenvalue weighted by Gasteiger charge is 2.11. The van der Waals surface area contributed by atoms with Gasteiger partial charge in [-0.2, -0.15) is 0 Å². The Labute approximate surface area is 157 Å². The number of rotatable bonds is 6. The van der Waals surface area contributed by atoms with Crippen LogP contribution in [0.4, 0.5) is 0 Å². The fourth-order valence-corrected chi connectivity index (χ4v) is 2.16. The van der Waals surface area contributed by atoms with Gasteiger partial charge in [-0.1, -0.05) is 18.2 Å². The third kappa shape index (κ3) is 8.41. The summed E-state index contributed by atoms with van der Waals surface area (Å²) in [6.07, 6.45) is 0. The Balaban J connectivity index is 0.00000484. The molecule has 0 aromatic heterocycles. The third-order valence-corrected chi connectivity index (χ3v) is 3.24. The van der Waals surface area contributed by atoms with Crippen molar-refractivity contribution in [3.63, 3.8) is 0 Å². The number of methoxy groups -OCH3 is 1. The van der Waals surface area contributed by atoms with Gasteiger partial charge in [-0.05, 0) is 26.8 Å². The molecular weight excluding hydrogens is 403 g/mol. The molecule has 0 bridgehead atoms. The molecule has 5 nitrogen and oxygen atoms in total. The van der Waals surface area contributed by atoms with Crippen molar-refractivity contribution in [3.8, 4) is 5.75 Å². The lowest BCUT2D eigenvalue weighted by Crippen LogP contribution is -2.44. The van der Waals surface area contributed by atoms with Gasteiger partial charge >= 0.3 is 0 Å². The summed E-state index contributed by atoms with van der Waals surface area (Å²) in [6, 6.07) is 8.05. The van der Waals surface area contributed by atoms with Crippen molar-refractivity contribution in [2.75, 3.05) is 34.3 Å². The van der Waals surface area contributed by atoms with Crippen LogP contribution in [-0.2, 0) is 6.54 Å². The summed E-state index contributed by atoms with van der Waals surface area (Å²) in [6.45, 7) is 8.96. The van der Waals surface area contributed by atoms with Crippen molar-refractivity contribution in [1.29, 1.82) is 0 Å². The smallest absolute Gasteiger partial charge is 0.193 e. The second-order valence-corrected chi connectivity index (χ2v) is 6.32. The normalized spacial score (nSPS) is 11.7. The highest BCUT2D eigenvalue weighted by molar-refractivity contribution is 14.0. The van der Waals surface area contributed by atoms with E-state index in [0.717, 1.165) is 36.9 Å². The summed E-state index contributed by atoms with van der Waals surface area (Å²) in [4.78, 5) is 6.43. The first kappa shape index (κ1) is 22.0. The van der Waals surface area contributed by atoms with Gasteiger partial charge in [-0.3, -0.25) is 4.99 Å². The molecule has 23 heavy (non-hydrogen) atoms. The number of guanidine groups is 1. The maximum absolute atomic E-state index is 5.40. The van der Waals surface area contributed by atoms with Crippen LogP contribution in [0.2, 0.25) is 0 Å². The van der Waals surface area contributed by atoms with Crippen molar-refractivity contribution >= 4 is 29.9 Å². The predicted molar refractivity (Wildman–Crippen MR) is 109 cm³/mol. The molecule has 0 aliphatic rings. The molecule has 1 rings (SSSR count). The number of nitrogens with zero attached hydrogens (tertiary/aromatic N) is 2. The molecule has 132 valence electrons. The molecular formula is C17H31IN4O. The Morgan fingerprint density at radius 1 is 1.22 bits per heavy atom. The number of nitrogens with one attached hydrogen (secondary N) is 2. The molecule has 0 aliphatic heterocycles. The minimum Gasteiger partial charge on any atom is -0.496 e. The Bertz CT molecular complexity index is 486. The zero-order chi connectivity index (χ0) is 16.6. The number of aliphatic imine (C=N–C) groups is 1. The average Bonchev–Trinajstić information content (AvgIpc) is 2.46. The van der Waals surface area contributed by atoms with Crippen LogP contribution < -0.4 is 15.4 Å². The maximum atomic E-state index is 5.40. The van der Waals surface area contributed by atoms with Crippen LogP contribution in [0.15, 0.2) is 29.3 Å². The molecule has 0 saturated heterocycles. The second kappa shape index (κ2) is 10.7. The molecule has 2 N–H and O–H groups in total. The fourth-order valence-electron chi connectivity index (χ4n) is 2.16. The minimum absolute atomic E-state index is 0. The second-order valence-electron chi connectivity index (χ2n) is 6.32. The van der Waals surface area contributed by atoms with Crippen LogP contribution in [0.1, 0.15) is 26.3 Å². The Kier molecular flexibility index (Phi) is 10.2. The first-order valence-electron chi connectivity index (χ1n) is 7.66. The highest BCUT2D eigenvalue weighted by Crippen LogP contribution is 2.18. The van der Waals surface area contributed by atoms with Gasteiger partial charge in [0.15, 0.2) is 5.96 Å². The van der Waals surface area contributed by atoms with Crippen molar-refractivity contribution in [3.05, 3.63) is 29.8 Å². The van der Waals surface area contributed by atoms with Gasteiger partial charge in [0.2, 0.25) is 0 Å². The lowest BCUT2D eigenvalue weighted by Gasteiger charge is -2.25. The van der Waals surface area contributed by atoms with Gasteiger partial charge in [-0.25, -0.2) is 0 Å². The first-order chi connectivity index (χ1) is 10.4. The molecule has 6 heteroatoms. The maximum Gasteiger partial charge on any atom is 0.193 e. The summed E-state index contributed by atoms with van der Waals surface area (Å²) in [5, 5.41) is 6.82. The van der Waals surface area contributed by atoms with Gasteiger partial charge in [-0.15, -0.1) is 24.0 Å². The van der Waals surface area contributed by atoms with Gasteiger partial charge in [0.1, 0.15) is 5.75 Å². The molecule has 0 radical (unpaired) electrons.